The first kappa shape index (κ1) is 20.9. The Balaban J connectivity index is 1.59. The summed E-state index contributed by atoms with van der Waals surface area (Å²) >= 11 is 0. The monoisotopic (exact) mass is 388 g/mol. The molecule has 3 rings (SSSR count). The molecule has 0 spiro atoms. The van der Waals surface area contributed by atoms with Crippen LogP contribution in [0, 0.1) is 0 Å². The molecular weight excluding hydrogens is 352 g/mol. The smallest absolute Gasteiger partial charge is 0.191 e. The Kier molecular flexibility index (Phi) is 7.98. The van der Waals surface area contributed by atoms with Gasteiger partial charge in [0.15, 0.2) is 5.96 Å². The number of nitrogens with zero attached hydrogens (tertiary/aromatic N) is 2. The predicted octanol–water partition coefficient (Wildman–Crippen LogP) is 2.79. The van der Waals surface area contributed by atoms with E-state index in [9.17, 15) is 0 Å². The molecule has 0 bridgehead atoms. The van der Waals surface area contributed by atoms with E-state index in [1.165, 1.54) is 32.1 Å². The summed E-state index contributed by atoms with van der Waals surface area (Å²) in [4.78, 5) is 7.10. The second-order valence-electron chi connectivity index (χ2n) is 7.70. The molecule has 0 amide bonds. The van der Waals surface area contributed by atoms with E-state index in [0.717, 1.165) is 50.1 Å². The molecule has 6 heteroatoms. The lowest BCUT2D eigenvalue weighted by Crippen LogP contribution is -2.60. The molecule has 156 valence electrons. The molecule has 0 unspecified atom stereocenters. The largest absolute Gasteiger partial charge is 0.494 e. The van der Waals surface area contributed by atoms with Gasteiger partial charge in [-0.25, -0.2) is 0 Å². The number of rotatable bonds is 7. The van der Waals surface area contributed by atoms with Crippen LogP contribution < -0.4 is 15.4 Å². The Hall–Kier alpha value is -1.79. The molecule has 0 aromatic heterocycles. The Labute approximate surface area is 169 Å². The molecule has 1 aliphatic carbocycles. The molecular formula is C22H36N4O2. The number of benzene rings is 1. The summed E-state index contributed by atoms with van der Waals surface area (Å²) in [7, 11) is 1.84. The number of morpholine rings is 1. The molecule has 0 atom stereocenters. The zero-order valence-electron chi connectivity index (χ0n) is 17.5. The van der Waals surface area contributed by atoms with E-state index in [-0.39, 0.29) is 5.54 Å². The summed E-state index contributed by atoms with van der Waals surface area (Å²) in [5.41, 5.74) is 1.37. The van der Waals surface area contributed by atoms with Crippen LogP contribution >= 0.6 is 0 Å². The van der Waals surface area contributed by atoms with Crippen molar-refractivity contribution in [2.45, 2.75) is 51.1 Å². The van der Waals surface area contributed by atoms with Gasteiger partial charge in [-0.3, -0.25) is 9.89 Å². The third-order valence-corrected chi connectivity index (χ3v) is 5.99. The standard InChI is InChI=1S/C22H36N4O2/c1-3-28-20-10-6-5-9-19(20)17-24-21(23-2)25-18-22(11-7-4-8-12-22)26-13-15-27-16-14-26/h5-6,9-10H,3-4,7-8,11-18H2,1-2H3,(H2,23,24,25). The van der Waals surface area contributed by atoms with Crippen molar-refractivity contribution < 1.29 is 9.47 Å². The average Bonchev–Trinajstić information content (AvgIpc) is 2.76. The summed E-state index contributed by atoms with van der Waals surface area (Å²) in [5, 5.41) is 7.07. The molecule has 2 fully saturated rings. The third kappa shape index (κ3) is 5.39. The quantitative estimate of drug-likeness (QED) is 0.556. The topological polar surface area (TPSA) is 58.1 Å². The molecule has 0 radical (unpaired) electrons. The first-order chi connectivity index (χ1) is 13.8. The van der Waals surface area contributed by atoms with E-state index in [2.05, 4.69) is 26.6 Å². The van der Waals surface area contributed by atoms with Crippen LogP contribution in [0.25, 0.3) is 0 Å². The van der Waals surface area contributed by atoms with Crippen LogP contribution in [0.15, 0.2) is 29.3 Å². The summed E-state index contributed by atoms with van der Waals surface area (Å²) < 4.78 is 11.3. The van der Waals surface area contributed by atoms with Gasteiger partial charge in [0.2, 0.25) is 0 Å². The molecule has 2 N–H and O–H groups in total. The number of nitrogens with one attached hydrogen (secondary N) is 2. The van der Waals surface area contributed by atoms with Gasteiger partial charge in [0.05, 0.1) is 19.8 Å². The fourth-order valence-corrected chi connectivity index (χ4v) is 4.45. The van der Waals surface area contributed by atoms with Gasteiger partial charge in [0.25, 0.3) is 0 Å². The highest BCUT2D eigenvalue weighted by molar-refractivity contribution is 5.79. The zero-order chi connectivity index (χ0) is 19.7. The maximum Gasteiger partial charge on any atom is 0.191 e. The van der Waals surface area contributed by atoms with Crippen molar-refractivity contribution in [1.29, 1.82) is 0 Å². The number of para-hydroxylation sites is 1. The molecule has 1 aromatic carbocycles. The number of aliphatic imine (C=N–C) groups is 1. The van der Waals surface area contributed by atoms with E-state index >= 15 is 0 Å². The van der Waals surface area contributed by atoms with Crippen LogP contribution in [0.3, 0.4) is 0 Å². The molecule has 1 heterocycles. The van der Waals surface area contributed by atoms with Gasteiger partial charge in [0, 0.05) is 44.3 Å². The molecule has 28 heavy (non-hydrogen) atoms. The summed E-state index contributed by atoms with van der Waals surface area (Å²) in [6.45, 7) is 8.09. The Morgan fingerprint density at radius 2 is 1.89 bits per heavy atom. The molecule has 6 nitrogen and oxygen atoms in total. The van der Waals surface area contributed by atoms with E-state index in [0.29, 0.717) is 13.2 Å². The van der Waals surface area contributed by atoms with E-state index in [1.807, 2.05) is 32.2 Å². The highest BCUT2D eigenvalue weighted by Crippen LogP contribution is 2.33. The normalized spacial score (nSPS) is 20.6. The second-order valence-corrected chi connectivity index (χ2v) is 7.70. The summed E-state index contributed by atoms with van der Waals surface area (Å²) in [5.74, 6) is 1.79. The Morgan fingerprint density at radius 1 is 1.14 bits per heavy atom. The van der Waals surface area contributed by atoms with Gasteiger partial charge in [-0.15, -0.1) is 0 Å². The van der Waals surface area contributed by atoms with Gasteiger partial charge < -0.3 is 20.1 Å². The van der Waals surface area contributed by atoms with Crippen LogP contribution in [0.2, 0.25) is 0 Å². The highest BCUT2D eigenvalue weighted by atomic mass is 16.5. The van der Waals surface area contributed by atoms with Crippen molar-refractivity contribution in [2.75, 3.05) is 46.5 Å². The van der Waals surface area contributed by atoms with Crippen molar-refractivity contribution in [3.05, 3.63) is 29.8 Å². The van der Waals surface area contributed by atoms with E-state index < -0.39 is 0 Å². The van der Waals surface area contributed by atoms with Gasteiger partial charge in [-0.05, 0) is 25.8 Å². The highest BCUT2D eigenvalue weighted by Gasteiger charge is 2.38. The second kappa shape index (κ2) is 10.7. The zero-order valence-corrected chi connectivity index (χ0v) is 17.5. The number of hydrogen-bond acceptors (Lipinski definition) is 4. The minimum absolute atomic E-state index is 0.225. The van der Waals surface area contributed by atoms with Crippen molar-refractivity contribution in [1.82, 2.24) is 15.5 Å². The van der Waals surface area contributed by atoms with Crippen LogP contribution in [0.1, 0.15) is 44.6 Å². The SMILES string of the molecule is CCOc1ccccc1CNC(=NC)NCC1(N2CCOCC2)CCCCC1. The van der Waals surface area contributed by atoms with Crippen LogP contribution in [0.4, 0.5) is 0 Å². The van der Waals surface area contributed by atoms with E-state index in [1.54, 1.807) is 0 Å². The molecule has 2 aliphatic rings. The lowest BCUT2D eigenvalue weighted by atomic mass is 9.80. The maximum atomic E-state index is 5.73. The van der Waals surface area contributed by atoms with E-state index in [4.69, 9.17) is 9.47 Å². The third-order valence-electron chi connectivity index (χ3n) is 5.99. The summed E-state index contributed by atoms with van der Waals surface area (Å²) in [6, 6.07) is 8.18. The van der Waals surface area contributed by atoms with Gasteiger partial charge in [-0.2, -0.15) is 0 Å². The van der Waals surface area contributed by atoms with Crippen molar-refractivity contribution in [3.63, 3.8) is 0 Å². The van der Waals surface area contributed by atoms with Crippen molar-refractivity contribution >= 4 is 5.96 Å². The van der Waals surface area contributed by atoms with Crippen molar-refractivity contribution in [2.24, 2.45) is 4.99 Å². The van der Waals surface area contributed by atoms with Gasteiger partial charge in [-0.1, -0.05) is 37.5 Å². The van der Waals surface area contributed by atoms with Crippen LogP contribution in [0.5, 0.6) is 5.75 Å². The molecule has 1 aliphatic heterocycles. The molecule has 1 aromatic rings. The fourth-order valence-electron chi connectivity index (χ4n) is 4.45. The minimum atomic E-state index is 0.225. The molecule has 1 saturated carbocycles. The lowest BCUT2D eigenvalue weighted by molar-refractivity contribution is -0.0352. The Morgan fingerprint density at radius 3 is 2.61 bits per heavy atom. The minimum Gasteiger partial charge on any atom is -0.494 e. The Bertz CT molecular complexity index is 623. The number of guanidine groups is 1. The lowest BCUT2D eigenvalue weighted by Gasteiger charge is -2.48. The van der Waals surface area contributed by atoms with Gasteiger partial charge >= 0.3 is 0 Å². The molecule has 1 saturated heterocycles. The fraction of sp³-hybridized carbons (Fsp3) is 0.682. The maximum absolute atomic E-state index is 5.73. The van der Waals surface area contributed by atoms with Gasteiger partial charge in [0.1, 0.15) is 5.75 Å². The predicted molar refractivity (Wildman–Crippen MR) is 114 cm³/mol. The number of ether oxygens (including phenoxy) is 2. The summed E-state index contributed by atoms with van der Waals surface area (Å²) in [6.07, 6.45) is 6.49. The van der Waals surface area contributed by atoms with Crippen LogP contribution in [-0.4, -0.2) is 62.9 Å². The first-order valence-electron chi connectivity index (χ1n) is 10.8. The first-order valence-corrected chi connectivity index (χ1v) is 10.8. The number of hydrogen-bond donors (Lipinski definition) is 2. The van der Waals surface area contributed by atoms with Crippen LogP contribution in [-0.2, 0) is 11.3 Å². The average molecular weight is 389 g/mol. The van der Waals surface area contributed by atoms with Crippen molar-refractivity contribution in [3.8, 4) is 5.75 Å².